The number of rotatable bonds is 3. The molecule has 1 aliphatic carbocycles. The molecule has 0 radical (unpaired) electrons. The van der Waals surface area contributed by atoms with Crippen molar-refractivity contribution in [2.75, 3.05) is 26.2 Å². The van der Waals surface area contributed by atoms with E-state index in [2.05, 4.69) is 15.6 Å². The number of fused-ring (bicyclic) bond motifs is 1. The lowest BCUT2D eigenvalue weighted by molar-refractivity contribution is 0.0635. The molecule has 2 fully saturated rings. The molecule has 2 N–H and O–H groups in total. The van der Waals surface area contributed by atoms with Crippen molar-refractivity contribution in [2.24, 2.45) is 11.3 Å². The Morgan fingerprint density at radius 1 is 1.33 bits per heavy atom. The molecule has 3 aliphatic heterocycles. The summed E-state index contributed by atoms with van der Waals surface area (Å²) in [5.74, 6) is 1.32. The normalized spacial score (nSPS) is 23.6. The maximum atomic E-state index is 12.7. The lowest BCUT2D eigenvalue weighted by Gasteiger charge is -2.32. The van der Waals surface area contributed by atoms with Crippen molar-refractivity contribution < 1.29 is 14.0 Å². The van der Waals surface area contributed by atoms with Crippen molar-refractivity contribution in [3.8, 4) is 0 Å². The fraction of sp³-hybridized carbons (Fsp3) is 0.500. The first-order valence-corrected chi connectivity index (χ1v) is 10.6. The number of nitrogens with zero attached hydrogens (tertiary/aromatic N) is 3. The first-order chi connectivity index (χ1) is 14.4. The molecule has 8 heteroatoms. The van der Waals surface area contributed by atoms with Gasteiger partial charge in [-0.1, -0.05) is 0 Å². The molecule has 1 aromatic rings. The highest BCUT2D eigenvalue weighted by Gasteiger charge is 2.55. The number of nitrogens with one attached hydrogen (secondary N) is 2. The van der Waals surface area contributed by atoms with Gasteiger partial charge in [0.15, 0.2) is 5.89 Å². The summed E-state index contributed by atoms with van der Waals surface area (Å²) in [5.41, 5.74) is 3.14. The zero-order valence-corrected chi connectivity index (χ0v) is 17.4. The van der Waals surface area contributed by atoms with E-state index in [1.54, 1.807) is 11.8 Å². The molecular formula is C22H27N5O3. The maximum absolute atomic E-state index is 12.7. The van der Waals surface area contributed by atoms with Gasteiger partial charge in [0.1, 0.15) is 0 Å². The van der Waals surface area contributed by atoms with Crippen molar-refractivity contribution in [1.29, 1.82) is 0 Å². The van der Waals surface area contributed by atoms with Gasteiger partial charge < -0.3 is 20.0 Å². The Labute approximate surface area is 175 Å². The van der Waals surface area contributed by atoms with Crippen LogP contribution in [0.2, 0.25) is 0 Å². The fourth-order valence-corrected chi connectivity index (χ4v) is 4.94. The van der Waals surface area contributed by atoms with Crippen LogP contribution in [0.1, 0.15) is 41.4 Å². The minimum Gasteiger partial charge on any atom is -0.436 e. The molecule has 0 aromatic carbocycles. The van der Waals surface area contributed by atoms with E-state index in [4.69, 9.17) is 4.42 Å². The standard InChI is InChI=1S/C22H27N5O3/c1-14-19(30-15(2)25-14)20(28)26-7-4-22(5-8-26)9-18(22)11-24-21(29)27-12-16-3-6-23-10-17(16)13-27/h3,6,10,12,18,23H,4-5,7-9,11,13H2,1-2H3,(H,24,29). The summed E-state index contributed by atoms with van der Waals surface area (Å²) in [7, 11) is 0. The van der Waals surface area contributed by atoms with Crippen LogP contribution in [0.4, 0.5) is 4.79 Å². The molecular weight excluding hydrogens is 382 g/mol. The number of urea groups is 1. The van der Waals surface area contributed by atoms with Crippen LogP contribution in [0.5, 0.6) is 0 Å². The topological polar surface area (TPSA) is 90.7 Å². The number of hydrogen-bond acceptors (Lipinski definition) is 5. The molecule has 1 aromatic heterocycles. The lowest BCUT2D eigenvalue weighted by Crippen LogP contribution is -2.41. The SMILES string of the molecule is Cc1nc(C)c(C(=O)N2CCC3(CC2)CC3CNC(=O)N2C=C3C=CNC=C3C2)o1. The van der Waals surface area contributed by atoms with E-state index in [0.717, 1.165) is 43.5 Å². The molecule has 4 aliphatic rings. The molecule has 158 valence electrons. The summed E-state index contributed by atoms with van der Waals surface area (Å²) < 4.78 is 5.50. The zero-order valence-electron chi connectivity index (χ0n) is 17.4. The van der Waals surface area contributed by atoms with E-state index in [-0.39, 0.29) is 17.4 Å². The quantitative estimate of drug-likeness (QED) is 0.800. The van der Waals surface area contributed by atoms with Gasteiger partial charge in [-0.3, -0.25) is 9.69 Å². The van der Waals surface area contributed by atoms with Crippen LogP contribution in [0.25, 0.3) is 0 Å². The van der Waals surface area contributed by atoms with Gasteiger partial charge in [0, 0.05) is 45.2 Å². The number of aromatic nitrogens is 1. The van der Waals surface area contributed by atoms with Gasteiger partial charge in [-0.15, -0.1) is 0 Å². The number of allylic oxidation sites excluding steroid dienone is 1. The highest BCUT2D eigenvalue weighted by Crippen LogP contribution is 2.59. The summed E-state index contributed by atoms with van der Waals surface area (Å²) in [4.78, 5) is 33.1. The van der Waals surface area contributed by atoms with Crippen LogP contribution < -0.4 is 10.6 Å². The molecule has 1 saturated carbocycles. The minimum absolute atomic E-state index is 0.0444. The number of oxazole rings is 1. The molecule has 0 bridgehead atoms. The molecule has 1 atom stereocenters. The largest absolute Gasteiger partial charge is 0.436 e. The van der Waals surface area contributed by atoms with Crippen LogP contribution in [0.15, 0.2) is 40.2 Å². The second kappa shape index (κ2) is 7.04. The van der Waals surface area contributed by atoms with Gasteiger partial charge in [-0.2, -0.15) is 0 Å². The van der Waals surface area contributed by atoms with Crippen molar-refractivity contribution in [2.45, 2.75) is 33.1 Å². The summed E-state index contributed by atoms with van der Waals surface area (Å²) in [5, 5.41) is 6.17. The van der Waals surface area contributed by atoms with Crippen molar-refractivity contribution in [3.63, 3.8) is 0 Å². The number of hydrogen-bond donors (Lipinski definition) is 2. The minimum atomic E-state index is -0.0603. The Morgan fingerprint density at radius 2 is 2.13 bits per heavy atom. The Balaban J connectivity index is 1.11. The average molecular weight is 409 g/mol. The predicted molar refractivity (Wildman–Crippen MR) is 110 cm³/mol. The fourth-order valence-electron chi connectivity index (χ4n) is 4.94. The van der Waals surface area contributed by atoms with Gasteiger partial charge in [0.25, 0.3) is 5.91 Å². The first-order valence-electron chi connectivity index (χ1n) is 10.6. The predicted octanol–water partition coefficient (Wildman–Crippen LogP) is 2.44. The molecule has 1 unspecified atom stereocenters. The second-order valence-corrected chi connectivity index (χ2v) is 8.77. The number of aryl methyl sites for hydroxylation is 2. The molecule has 4 heterocycles. The maximum Gasteiger partial charge on any atom is 0.321 e. The summed E-state index contributed by atoms with van der Waals surface area (Å²) in [6.45, 7) is 6.33. The van der Waals surface area contributed by atoms with Crippen LogP contribution in [0.3, 0.4) is 0 Å². The molecule has 1 saturated heterocycles. The van der Waals surface area contributed by atoms with E-state index in [1.807, 2.05) is 36.5 Å². The Morgan fingerprint density at radius 3 is 2.83 bits per heavy atom. The number of carbonyl (C=O) groups is 2. The van der Waals surface area contributed by atoms with E-state index in [9.17, 15) is 9.59 Å². The Kier molecular flexibility index (Phi) is 4.45. The molecule has 5 rings (SSSR count). The number of amides is 3. The highest BCUT2D eigenvalue weighted by atomic mass is 16.4. The zero-order chi connectivity index (χ0) is 20.9. The van der Waals surface area contributed by atoms with Crippen LogP contribution in [-0.2, 0) is 0 Å². The van der Waals surface area contributed by atoms with Gasteiger partial charge in [0.2, 0.25) is 5.76 Å². The third kappa shape index (κ3) is 3.30. The van der Waals surface area contributed by atoms with Crippen molar-refractivity contribution in [3.05, 3.63) is 53.2 Å². The van der Waals surface area contributed by atoms with E-state index in [1.165, 1.54) is 0 Å². The van der Waals surface area contributed by atoms with E-state index in [0.29, 0.717) is 36.4 Å². The first kappa shape index (κ1) is 19.0. The third-order valence-corrected chi connectivity index (χ3v) is 6.89. The van der Waals surface area contributed by atoms with Crippen molar-refractivity contribution in [1.82, 2.24) is 25.4 Å². The number of carbonyl (C=O) groups excluding carboxylic acids is 2. The van der Waals surface area contributed by atoms with Crippen LogP contribution in [-0.4, -0.2) is 52.9 Å². The summed E-state index contributed by atoms with van der Waals surface area (Å²) in [6, 6.07) is -0.0444. The van der Waals surface area contributed by atoms with Gasteiger partial charge in [0.05, 0.1) is 12.2 Å². The molecule has 3 amide bonds. The Hall–Kier alpha value is -3.03. The van der Waals surface area contributed by atoms with E-state index < -0.39 is 0 Å². The van der Waals surface area contributed by atoms with E-state index >= 15 is 0 Å². The van der Waals surface area contributed by atoms with Gasteiger partial charge in [-0.05, 0) is 54.7 Å². The lowest BCUT2D eigenvalue weighted by atomic mass is 9.90. The van der Waals surface area contributed by atoms with Crippen molar-refractivity contribution >= 4 is 11.9 Å². The monoisotopic (exact) mass is 409 g/mol. The Bertz CT molecular complexity index is 981. The number of piperidine rings is 1. The van der Waals surface area contributed by atoms with Crippen LogP contribution >= 0.6 is 0 Å². The van der Waals surface area contributed by atoms with Crippen LogP contribution in [0, 0.1) is 25.2 Å². The molecule has 30 heavy (non-hydrogen) atoms. The second-order valence-electron chi connectivity index (χ2n) is 8.77. The summed E-state index contributed by atoms with van der Waals surface area (Å²) in [6.07, 6.45) is 10.8. The smallest absolute Gasteiger partial charge is 0.321 e. The number of dihydropyridines is 1. The average Bonchev–Trinajstić information content (AvgIpc) is 3.07. The summed E-state index contributed by atoms with van der Waals surface area (Å²) >= 11 is 0. The third-order valence-electron chi connectivity index (χ3n) is 6.89. The van der Waals surface area contributed by atoms with Gasteiger partial charge in [-0.25, -0.2) is 9.78 Å². The number of likely N-dealkylation sites (tertiary alicyclic amines) is 1. The molecule has 8 nitrogen and oxygen atoms in total. The highest BCUT2D eigenvalue weighted by molar-refractivity contribution is 5.92. The molecule has 1 spiro atoms. The van der Waals surface area contributed by atoms with Gasteiger partial charge >= 0.3 is 6.03 Å².